The second-order valence-corrected chi connectivity index (χ2v) is 6.92. The van der Waals surface area contributed by atoms with E-state index in [-0.39, 0.29) is 0 Å². The van der Waals surface area contributed by atoms with Gasteiger partial charge in [0.15, 0.2) is 5.96 Å². The fourth-order valence-electron chi connectivity index (χ4n) is 2.40. The number of hydrogen-bond donors (Lipinski definition) is 2. The number of guanidine groups is 1. The molecule has 2 N–H and O–H groups in total. The third kappa shape index (κ3) is 7.28. The van der Waals surface area contributed by atoms with Gasteiger partial charge in [-0.3, -0.25) is 4.99 Å². The number of hydrogen-bond acceptors (Lipinski definition) is 5. The van der Waals surface area contributed by atoms with Gasteiger partial charge in [-0.05, 0) is 26.2 Å². The average Bonchev–Trinajstić information content (AvgIpc) is 3.20. The fourth-order valence-corrected chi connectivity index (χ4v) is 3.18. The summed E-state index contributed by atoms with van der Waals surface area (Å²) in [7, 11) is 1.79. The molecule has 0 spiro atoms. The van der Waals surface area contributed by atoms with Gasteiger partial charge < -0.3 is 20.1 Å². The van der Waals surface area contributed by atoms with E-state index in [0.717, 1.165) is 69.6 Å². The second kappa shape index (κ2) is 10.6. The van der Waals surface area contributed by atoms with Crippen LogP contribution in [0.3, 0.4) is 0 Å². The normalized spacial score (nSPS) is 18.3. The molecule has 1 aliphatic heterocycles. The van der Waals surface area contributed by atoms with E-state index in [0.29, 0.717) is 6.10 Å². The summed E-state index contributed by atoms with van der Waals surface area (Å²) < 4.78 is 11.2. The first-order valence-electron chi connectivity index (χ1n) is 8.33. The molecule has 1 aromatic rings. The Labute approximate surface area is 142 Å². The van der Waals surface area contributed by atoms with E-state index in [9.17, 15) is 0 Å². The Kier molecular flexibility index (Phi) is 8.35. The van der Waals surface area contributed by atoms with Crippen LogP contribution in [0.4, 0.5) is 0 Å². The van der Waals surface area contributed by atoms with E-state index in [1.807, 2.05) is 6.20 Å². The SMILES string of the molecule is CN=C(NCCCOCC1CCCO1)NCCc1ncc(C)s1. The lowest BCUT2D eigenvalue weighted by atomic mass is 10.2. The van der Waals surface area contributed by atoms with Crippen LogP contribution in [-0.2, 0) is 15.9 Å². The number of aromatic nitrogens is 1. The minimum atomic E-state index is 0.312. The van der Waals surface area contributed by atoms with Gasteiger partial charge in [0.1, 0.15) is 0 Å². The topological polar surface area (TPSA) is 67.8 Å². The molecule has 7 heteroatoms. The van der Waals surface area contributed by atoms with Gasteiger partial charge in [0, 0.05) is 50.8 Å². The summed E-state index contributed by atoms with van der Waals surface area (Å²) in [6.45, 7) is 6.13. The number of nitrogens with one attached hydrogen (secondary N) is 2. The molecule has 0 bridgehead atoms. The highest BCUT2D eigenvalue weighted by Gasteiger charge is 2.14. The Morgan fingerprint density at radius 2 is 2.35 bits per heavy atom. The Morgan fingerprint density at radius 1 is 1.48 bits per heavy atom. The number of aliphatic imine (C=N–C) groups is 1. The molecule has 0 saturated carbocycles. The molecule has 1 atom stereocenters. The van der Waals surface area contributed by atoms with Crippen LogP contribution in [0.25, 0.3) is 0 Å². The molecule has 0 radical (unpaired) electrons. The van der Waals surface area contributed by atoms with E-state index in [1.54, 1.807) is 18.4 Å². The van der Waals surface area contributed by atoms with Crippen LogP contribution in [0.2, 0.25) is 0 Å². The standard InChI is InChI=1S/C16H28N4O2S/c1-13-11-20-15(23-13)6-8-19-16(17-2)18-7-4-9-21-12-14-5-3-10-22-14/h11,14H,3-10,12H2,1-2H3,(H2,17,18,19). The van der Waals surface area contributed by atoms with Gasteiger partial charge in [0.25, 0.3) is 0 Å². The number of rotatable bonds is 9. The van der Waals surface area contributed by atoms with Gasteiger partial charge in [0.05, 0.1) is 17.7 Å². The van der Waals surface area contributed by atoms with Gasteiger partial charge in [0.2, 0.25) is 0 Å². The fraction of sp³-hybridized carbons (Fsp3) is 0.750. The van der Waals surface area contributed by atoms with Crippen LogP contribution in [0.1, 0.15) is 29.1 Å². The molecule has 0 amide bonds. The first-order valence-corrected chi connectivity index (χ1v) is 9.14. The van der Waals surface area contributed by atoms with Gasteiger partial charge >= 0.3 is 0 Å². The highest BCUT2D eigenvalue weighted by molar-refractivity contribution is 7.11. The van der Waals surface area contributed by atoms with Crippen molar-refractivity contribution in [3.63, 3.8) is 0 Å². The van der Waals surface area contributed by atoms with Crippen molar-refractivity contribution >= 4 is 17.3 Å². The third-order valence-electron chi connectivity index (χ3n) is 3.61. The number of ether oxygens (including phenoxy) is 2. The summed E-state index contributed by atoms with van der Waals surface area (Å²) in [6, 6.07) is 0. The Morgan fingerprint density at radius 3 is 3.04 bits per heavy atom. The largest absolute Gasteiger partial charge is 0.379 e. The highest BCUT2D eigenvalue weighted by atomic mass is 32.1. The number of nitrogens with zero attached hydrogens (tertiary/aromatic N) is 2. The summed E-state index contributed by atoms with van der Waals surface area (Å²) in [5.41, 5.74) is 0. The highest BCUT2D eigenvalue weighted by Crippen LogP contribution is 2.12. The maximum absolute atomic E-state index is 5.64. The van der Waals surface area contributed by atoms with Crippen molar-refractivity contribution in [2.75, 3.05) is 40.0 Å². The second-order valence-electron chi connectivity index (χ2n) is 5.60. The van der Waals surface area contributed by atoms with E-state index in [2.05, 4.69) is 27.5 Å². The zero-order valence-electron chi connectivity index (χ0n) is 14.1. The molecule has 1 aliphatic rings. The maximum atomic E-state index is 5.64. The Balaban J connectivity index is 1.47. The van der Waals surface area contributed by atoms with Crippen molar-refractivity contribution < 1.29 is 9.47 Å². The van der Waals surface area contributed by atoms with Crippen LogP contribution in [0, 0.1) is 6.92 Å². The van der Waals surface area contributed by atoms with Crippen LogP contribution in [0.15, 0.2) is 11.2 Å². The van der Waals surface area contributed by atoms with E-state index in [1.165, 1.54) is 4.88 Å². The molecular weight excluding hydrogens is 312 g/mol. The lowest BCUT2D eigenvalue weighted by Crippen LogP contribution is -2.39. The molecule has 2 rings (SSSR count). The van der Waals surface area contributed by atoms with Gasteiger partial charge in [-0.2, -0.15) is 0 Å². The van der Waals surface area contributed by atoms with Crippen molar-refractivity contribution in [2.24, 2.45) is 4.99 Å². The van der Waals surface area contributed by atoms with Crippen LogP contribution in [0.5, 0.6) is 0 Å². The zero-order chi connectivity index (χ0) is 16.3. The molecule has 1 unspecified atom stereocenters. The van der Waals surface area contributed by atoms with Crippen LogP contribution in [-0.4, -0.2) is 57.0 Å². The molecule has 23 heavy (non-hydrogen) atoms. The van der Waals surface area contributed by atoms with E-state index < -0.39 is 0 Å². The lowest BCUT2D eigenvalue weighted by Gasteiger charge is -2.12. The molecule has 130 valence electrons. The van der Waals surface area contributed by atoms with E-state index in [4.69, 9.17) is 9.47 Å². The molecule has 6 nitrogen and oxygen atoms in total. The van der Waals surface area contributed by atoms with Crippen molar-refractivity contribution in [3.8, 4) is 0 Å². The summed E-state index contributed by atoms with van der Waals surface area (Å²) >= 11 is 1.75. The first kappa shape index (κ1) is 18.2. The quantitative estimate of drug-likeness (QED) is 0.407. The van der Waals surface area contributed by atoms with Crippen LogP contribution >= 0.6 is 11.3 Å². The minimum Gasteiger partial charge on any atom is -0.379 e. The molecule has 2 heterocycles. The van der Waals surface area contributed by atoms with Crippen molar-refractivity contribution in [2.45, 2.75) is 38.7 Å². The number of aryl methyl sites for hydroxylation is 1. The van der Waals surface area contributed by atoms with Gasteiger partial charge in [-0.15, -0.1) is 11.3 Å². The molecule has 1 aromatic heterocycles. The number of thiazole rings is 1. The minimum absolute atomic E-state index is 0.312. The van der Waals surface area contributed by atoms with E-state index >= 15 is 0 Å². The predicted molar refractivity (Wildman–Crippen MR) is 94.3 cm³/mol. The Hall–Kier alpha value is -1.18. The monoisotopic (exact) mass is 340 g/mol. The molecule has 1 saturated heterocycles. The van der Waals surface area contributed by atoms with Crippen molar-refractivity contribution in [1.29, 1.82) is 0 Å². The summed E-state index contributed by atoms with van der Waals surface area (Å²) in [4.78, 5) is 9.84. The van der Waals surface area contributed by atoms with Crippen molar-refractivity contribution in [1.82, 2.24) is 15.6 Å². The summed E-state index contributed by atoms with van der Waals surface area (Å²) in [6.07, 6.45) is 6.41. The zero-order valence-corrected chi connectivity index (χ0v) is 15.0. The van der Waals surface area contributed by atoms with Gasteiger partial charge in [-0.25, -0.2) is 4.98 Å². The van der Waals surface area contributed by atoms with Gasteiger partial charge in [-0.1, -0.05) is 0 Å². The summed E-state index contributed by atoms with van der Waals surface area (Å²) in [5.74, 6) is 0.831. The smallest absolute Gasteiger partial charge is 0.190 e. The van der Waals surface area contributed by atoms with Crippen molar-refractivity contribution in [3.05, 3.63) is 16.1 Å². The molecule has 0 aromatic carbocycles. The Bertz CT molecular complexity index is 472. The average molecular weight is 340 g/mol. The molecular formula is C16H28N4O2S. The predicted octanol–water partition coefficient (Wildman–Crippen LogP) is 1.74. The maximum Gasteiger partial charge on any atom is 0.190 e. The molecule has 0 aliphatic carbocycles. The first-order chi connectivity index (χ1) is 11.3. The third-order valence-corrected chi connectivity index (χ3v) is 4.58. The van der Waals surface area contributed by atoms with Crippen LogP contribution < -0.4 is 10.6 Å². The lowest BCUT2D eigenvalue weighted by molar-refractivity contribution is 0.0168. The summed E-state index contributed by atoms with van der Waals surface area (Å²) in [5, 5.41) is 7.77. The molecule has 1 fully saturated rings.